The van der Waals surface area contributed by atoms with Crippen molar-refractivity contribution in [1.82, 2.24) is 15.5 Å². The van der Waals surface area contributed by atoms with Crippen molar-refractivity contribution in [2.24, 2.45) is 4.99 Å². The number of halogens is 1. The SMILES string of the molecule is CN=C(NCc1cccc(N2CCCC2=O)c1)NC1CCN(C2CC2)C1.I. The summed E-state index contributed by atoms with van der Waals surface area (Å²) >= 11 is 0. The highest BCUT2D eigenvalue weighted by atomic mass is 127. The first kappa shape index (κ1) is 20.4. The summed E-state index contributed by atoms with van der Waals surface area (Å²) in [5, 5.41) is 6.98. The molecule has 7 heteroatoms. The Kier molecular flexibility index (Phi) is 6.97. The van der Waals surface area contributed by atoms with Gasteiger partial charge < -0.3 is 15.5 Å². The van der Waals surface area contributed by atoms with Crippen LogP contribution in [0.25, 0.3) is 0 Å². The van der Waals surface area contributed by atoms with E-state index in [1.54, 1.807) is 0 Å². The Bertz CT molecular complexity index is 691. The molecule has 1 aliphatic carbocycles. The number of aliphatic imine (C=N–C) groups is 1. The molecule has 1 aromatic rings. The van der Waals surface area contributed by atoms with E-state index >= 15 is 0 Å². The Morgan fingerprint density at radius 2 is 2.11 bits per heavy atom. The molecule has 3 fully saturated rings. The van der Waals surface area contributed by atoms with E-state index in [0.717, 1.165) is 42.8 Å². The van der Waals surface area contributed by atoms with Crippen LogP contribution in [0, 0.1) is 0 Å². The van der Waals surface area contributed by atoms with Crippen molar-refractivity contribution >= 4 is 41.5 Å². The lowest BCUT2D eigenvalue weighted by Crippen LogP contribution is -2.44. The van der Waals surface area contributed by atoms with E-state index < -0.39 is 0 Å². The lowest BCUT2D eigenvalue weighted by atomic mass is 10.2. The van der Waals surface area contributed by atoms with E-state index in [4.69, 9.17) is 0 Å². The number of hydrogen-bond acceptors (Lipinski definition) is 3. The number of likely N-dealkylation sites (tertiary alicyclic amines) is 1. The maximum absolute atomic E-state index is 11.9. The average Bonchev–Trinajstić information content (AvgIpc) is 3.25. The number of carbonyl (C=O) groups excluding carboxylic acids is 1. The molecule has 0 spiro atoms. The fourth-order valence-electron chi connectivity index (χ4n) is 4.01. The summed E-state index contributed by atoms with van der Waals surface area (Å²) in [7, 11) is 1.82. The first-order chi connectivity index (χ1) is 12.7. The zero-order chi connectivity index (χ0) is 17.9. The number of hydrogen-bond donors (Lipinski definition) is 2. The Morgan fingerprint density at radius 3 is 2.81 bits per heavy atom. The molecule has 1 unspecified atom stereocenters. The summed E-state index contributed by atoms with van der Waals surface area (Å²) < 4.78 is 0. The van der Waals surface area contributed by atoms with E-state index in [2.05, 4.69) is 32.7 Å². The quantitative estimate of drug-likeness (QED) is 0.384. The second-order valence-corrected chi connectivity index (χ2v) is 7.60. The normalized spacial score (nSPS) is 23.4. The van der Waals surface area contributed by atoms with Crippen molar-refractivity contribution in [3.8, 4) is 0 Å². The molecule has 2 heterocycles. The third-order valence-corrected chi connectivity index (χ3v) is 5.60. The van der Waals surface area contributed by atoms with Gasteiger partial charge in [-0.3, -0.25) is 14.7 Å². The van der Waals surface area contributed by atoms with Crippen molar-refractivity contribution in [2.45, 2.75) is 50.7 Å². The van der Waals surface area contributed by atoms with Crippen molar-refractivity contribution < 1.29 is 4.79 Å². The maximum atomic E-state index is 11.9. The molecular formula is C20H30IN5O. The number of anilines is 1. The predicted molar refractivity (Wildman–Crippen MR) is 120 cm³/mol. The molecule has 1 saturated carbocycles. The van der Waals surface area contributed by atoms with Crippen LogP contribution >= 0.6 is 24.0 Å². The summed E-state index contributed by atoms with van der Waals surface area (Å²) in [6.45, 7) is 3.86. The minimum Gasteiger partial charge on any atom is -0.352 e. The average molecular weight is 483 g/mol. The standard InChI is InChI=1S/C20H29N5O.HI/c1-21-20(23-16-9-11-24(14-16)17-7-8-17)22-13-15-4-2-5-18(12-15)25-10-3-6-19(25)26;/h2,4-5,12,16-17H,3,6-11,13-14H2,1H3,(H2,21,22,23);1H. The molecule has 1 atom stereocenters. The summed E-state index contributed by atoms with van der Waals surface area (Å²) in [6.07, 6.45) is 5.55. The summed E-state index contributed by atoms with van der Waals surface area (Å²) in [5.74, 6) is 1.09. The number of nitrogens with zero attached hydrogens (tertiary/aromatic N) is 3. The van der Waals surface area contributed by atoms with Gasteiger partial charge in [0.1, 0.15) is 0 Å². The number of benzene rings is 1. The Hall–Kier alpha value is -1.35. The van der Waals surface area contributed by atoms with Gasteiger partial charge in [-0.25, -0.2) is 0 Å². The van der Waals surface area contributed by atoms with Gasteiger partial charge in [-0.1, -0.05) is 12.1 Å². The third-order valence-electron chi connectivity index (χ3n) is 5.60. The van der Waals surface area contributed by atoms with Gasteiger partial charge in [0.2, 0.25) is 5.91 Å². The molecular weight excluding hydrogens is 453 g/mol. The number of amides is 1. The van der Waals surface area contributed by atoms with Crippen molar-refractivity contribution in [3.05, 3.63) is 29.8 Å². The van der Waals surface area contributed by atoms with Crippen LogP contribution in [0.1, 0.15) is 37.7 Å². The molecule has 4 rings (SSSR count). The number of carbonyl (C=O) groups is 1. The number of nitrogens with one attached hydrogen (secondary N) is 2. The van der Waals surface area contributed by atoms with Gasteiger partial charge in [-0.05, 0) is 43.4 Å². The monoisotopic (exact) mass is 483 g/mol. The van der Waals surface area contributed by atoms with Crippen molar-refractivity contribution in [3.63, 3.8) is 0 Å². The summed E-state index contributed by atoms with van der Waals surface area (Å²) in [6, 6.07) is 9.56. The Morgan fingerprint density at radius 1 is 1.26 bits per heavy atom. The van der Waals surface area contributed by atoms with Gasteiger partial charge in [0, 0.05) is 57.4 Å². The van der Waals surface area contributed by atoms with Crippen LogP contribution < -0.4 is 15.5 Å². The van der Waals surface area contributed by atoms with Gasteiger partial charge >= 0.3 is 0 Å². The fourth-order valence-corrected chi connectivity index (χ4v) is 4.01. The topological polar surface area (TPSA) is 60.0 Å². The zero-order valence-electron chi connectivity index (χ0n) is 16.0. The maximum Gasteiger partial charge on any atom is 0.227 e. The van der Waals surface area contributed by atoms with Gasteiger partial charge in [-0.2, -0.15) is 0 Å². The first-order valence-electron chi connectivity index (χ1n) is 9.83. The van der Waals surface area contributed by atoms with Crippen molar-refractivity contribution in [2.75, 3.05) is 31.6 Å². The Labute approximate surface area is 178 Å². The fraction of sp³-hybridized carbons (Fsp3) is 0.600. The highest BCUT2D eigenvalue weighted by Gasteiger charge is 2.34. The number of rotatable bonds is 5. The van der Waals surface area contributed by atoms with Crippen LogP contribution in [-0.2, 0) is 11.3 Å². The van der Waals surface area contributed by atoms with E-state index in [-0.39, 0.29) is 29.9 Å². The molecule has 2 aliphatic heterocycles. The van der Waals surface area contributed by atoms with Crippen LogP contribution in [0.15, 0.2) is 29.3 Å². The van der Waals surface area contributed by atoms with E-state index in [9.17, 15) is 4.79 Å². The molecule has 6 nitrogen and oxygen atoms in total. The molecule has 0 aromatic heterocycles. The second kappa shape index (κ2) is 9.23. The van der Waals surface area contributed by atoms with Crippen molar-refractivity contribution in [1.29, 1.82) is 0 Å². The van der Waals surface area contributed by atoms with Gasteiger partial charge in [0.15, 0.2) is 5.96 Å². The summed E-state index contributed by atoms with van der Waals surface area (Å²) in [4.78, 5) is 20.8. The molecule has 2 saturated heterocycles. The van der Waals surface area contributed by atoms with Gasteiger partial charge in [0.05, 0.1) is 0 Å². The van der Waals surface area contributed by atoms with Crippen LogP contribution in [0.5, 0.6) is 0 Å². The van der Waals surface area contributed by atoms with Crippen LogP contribution in [0.3, 0.4) is 0 Å². The third kappa shape index (κ3) is 5.13. The zero-order valence-corrected chi connectivity index (χ0v) is 18.3. The van der Waals surface area contributed by atoms with Gasteiger partial charge in [-0.15, -0.1) is 24.0 Å². The smallest absolute Gasteiger partial charge is 0.227 e. The Balaban J connectivity index is 0.00000210. The van der Waals surface area contributed by atoms with Gasteiger partial charge in [0.25, 0.3) is 0 Å². The predicted octanol–water partition coefficient (Wildman–Crippen LogP) is 2.33. The molecule has 1 aromatic carbocycles. The molecule has 148 valence electrons. The van der Waals surface area contributed by atoms with Crippen LogP contribution in [0.2, 0.25) is 0 Å². The van der Waals surface area contributed by atoms with E-state index in [1.807, 2.05) is 24.1 Å². The van der Waals surface area contributed by atoms with Crippen LogP contribution in [0.4, 0.5) is 5.69 Å². The van der Waals surface area contributed by atoms with Crippen LogP contribution in [-0.4, -0.2) is 55.5 Å². The lowest BCUT2D eigenvalue weighted by Gasteiger charge is -2.19. The van der Waals surface area contributed by atoms with E-state index in [0.29, 0.717) is 19.0 Å². The molecule has 1 amide bonds. The lowest BCUT2D eigenvalue weighted by molar-refractivity contribution is -0.117. The molecule has 0 bridgehead atoms. The highest BCUT2D eigenvalue weighted by molar-refractivity contribution is 14.0. The highest BCUT2D eigenvalue weighted by Crippen LogP contribution is 2.29. The molecule has 27 heavy (non-hydrogen) atoms. The number of guanidine groups is 1. The molecule has 3 aliphatic rings. The first-order valence-corrected chi connectivity index (χ1v) is 9.83. The minimum atomic E-state index is 0. The molecule has 0 radical (unpaired) electrons. The molecule has 2 N–H and O–H groups in total. The summed E-state index contributed by atoms with van der Waals surface area (Å²) in [5.41, 5.74) is 2.17. The largest absolute Gasteiger partial charge is 0.352 e. The minimum absolute atomic E-state index is 0. The second-order valence-electron chi connectivity index (χ2n) is 7.60. The van der Waals surface area contributed by atoms with E-state index in [1.165, 1.54) is 25.8 Å².